The zero-order valence-corrected chi connectivity index (χ0v) is 15.6. The highest BCUT2D eigenvalue weighted by Gasteiger charge is 2.22. The maximum absolute atomic E-state index is 12.1. The zero-order valence-electron chi connectivity index (χ0n) is 14.0. The van der Waals surface area contributed by atoms with Crippen LogP contribution in [0.5, 0.6) is 5.75 Å². The summed E-state index contributed by atoms with van der Waals surface area (Å²) in [5.74, 6) is 0.413. The number of carbonyl (C=O) groups excluding carboxylic acids is 2. The molecule has 0 atom stereocenters. The van der Waals surface area contributed by atoms with E-state index in [0.717, 1.165) is 5.56 Å². The third kappa shape index (κ3) is 5.00. The Balaban J connectivity index is 1.53. The number of hydrogen-bond acceptors (Lipinski definition) is 5. The Morgan fingerprint density at radius 1 is 1.23 bits per heavy atom. The molecule has 0 unspecified atom stereocenters. The molecule has 1 N–H and O–H groups in total. The summed E-state index contributed by atoms with van der Waals surface area (Å²) in [5.41, 5.74) is 1.61. The first-order valence-corrected chi connectivity index (χ1v) is 9.58. The van der Waals surface area contributed by atoms with E-state index in [0.29, 0.717) is 20.7 Å². The number of nitrogens with zero attached hydrogens (tertiary/aromatic N) is 1. The van der Waals surface area contributed by atoms with Gasteiger partial charge in [-0.05, 0) is 23.8 Å². The van der Waals surface area contributed by atoms with E-state index in [1.807, 2.05) is 30.3 Å². The molecule has 2 aromatic rings. The predicted molar refractivity (Wildman–Crippen MR) is 109 cm³/mol. The lowest BCUT2D eigenvalue weighted by Crippen LogP contribution is -2.14. The van der Waals surface area contributed by atoms with Crippen LogP contribution in [0.25, 0.3) is 6.08 Å². The van der Waals surface area contributed by atoms with Crippen LogP contribution in [0.4, 0.5) is 5.69 Å². The van der Waals surface area contributed by atoms with Gasteiger partial charge in [0.25, 0.3) is 5.91 Å². The highest BCUT2D eigenvalue weighted by molar-refractivity contribution is 8.41. The molecule has 0 fully saturated rings. The molecule has 1 aliphatic heterocycles. The van der Waals surface area contributed by atoms with Gasteiger partial charge in [0.1, 0.15) is 10.1 Å². The van der Waals surface area contributed by atoms with Gasteiger partial charge in [0.2, 0.25) is 5.91 Å². The molecule has 0 saturated carbocycles. The number of anilines is 1. The van der Waals surface area contributed by atoms with Gasteiger partial charge in [0, 0.05) is 11.8 Å². The number of ether oxygens (including phenoxy) is 1. The summed E-state index contributed by atoms with van der Waals surface area (Å²) in [4.78, 5) is 28.6. The monoisotopic (exact) mass is 384 g/mol. The Hall–Kier alpha value is -2.51. The van der Waals surface area contributed by atoms with Crippen molar-refractivity contribution in [1.29, 1.82) is 0 Å². The molecule has 0 spiro atoms. The van der Waals surface area contributed by atoms with Crippen molar-refractivity contribution in [3.8, 4) is 5.75 Å². The van der Waals surface area contributed by atoms with Crippen LogP contribution < -0.4 is 10.1 Å². The summed E-state index contributed by atoms with van der Waals surface area (Å²) < 4.78 is 5.71. The van der Waals surface area contributed by atoms with Crippen LogP contribution in [0, 0.1) is 0 Å². The lowest BCUT2D eigenvalue weighted by Gasteiger charge is -2.06. The normalized spacial score (nSPS) is 15.0. The minimum absolute atomic E-state index is 0.167. The standard InChI is InChI=1S/C19H16N2O3S2/c1-24-15-9-5-8-14(11-15)20-17(22)12-25-19-21-18(23)16(26-19)10-13-6-3-2-4-7-13/h2-11H,12H2,1H3,(H,20,22). The number of thioether (sulfide) groups is 2. The fraction of sp³-hybridized carbons (Fsp3) is 0.105. The third-order valence-corrected chi connectivity index (χ3v) is 5.51. The highest BCUT2D eigenvalue weighted by Crippen LogP contribution is 2.33. The summed E-state index contributed by atoms with van der Waals surface area (Å²) in [6, 6.07) is 16.7. The number of aliphatic imine (C=N–C) groups is 1. The lowest BCUT2D eigenvalue weighted by molar-refractivity contribution is -0.114. The van der Waals surface area contributed by atoms with Crippen molar-refractivity contribution in [1.82, 2.24) is 0 Å². The minimum atomic E-state index is -0.269. The molecule has 2 amide bonds. The van der Waals surface area contributed by atoms with E-state index in [9.17, 15) is 9.59 Å². The van der Waals surface area contributed by atoms with Crippen molar-refractivity contribution in [3.63, 3.8) is 0 Å². The van der Waals surface area contributed by atoms with Gasteiger partial charge in [0.05, 0.1) is 17.8 Å². The molecule has 0 bridgehead atoms. The second-order valence-corrected chi connectivity index (χ2v) is 7.53. The molecule has 0 aromatic heterocycles. The quantitative estimate of drug-likeness (QED) is 0.788. The molecule has 7 heteroatoms. The summed E-state index contributed by atoms with van der Waals surface area (Å²) in [6.07, 6.45) is 1.81. The summed E-state index contributed by atoms with van der Waals surface area (Å²) in [6.45, 7) is 0. The molecule has 1 heterocycles. The molecule has 3 rings (SSSR count). The number of benzene rings is 2. The van der Waals surface area contributed by atoms with Gasteiger partial charge in [-0.2, -0.15) is 4.99 Å². The van der Waals surface area contributed by atoms with Gasteiger partial charge in [-0.25, -0.2) is 0 Å². The molecule has 0 saturated heterocycles. The van der Waals surface area contributed by atoms with E-state index in [1.165, 1.54) is 23.5 Å². The molecular formula is C19H16N2O3S2. The summed E-state index contributed by atoms with van der Waals surface area (Å²) >= 11 is 2.54. The van der Waals surface area contributed by atoms with E-state index in [2.05, 4.69) is 10.3 Å². The van der Waals surface area contributed by atoms with Crippen molar-refractivity contribution in [2.45, 2.75) is 0 Å². The SMILES string of the molecule is COc1cccc(NC(=O)CSC2=NC(=O)C(=Cc3ccccc3)S2)c1. The smallest absolute Gasteiger partial charge is 0.285 e. The molecular weight excluding hydrogens is 368 g/mol. The molecule has 5 nitrogen and oxygen atoms in total. The van der Waals surface area contributed by atoms with Crippen molar-refractivity contribution >= 4 is 51.5 Å². The van der Waals surface area contributed by atoms with Crippen LogP contribution >= 0.6 is 23.5 Å². The second kappa shape index (κ2) is 8.73. The van der Waals surface area contributed by atoms with Crippen LogP contribution in [0.15, 0.2) is 64.5 Å². The fourth-order valence-corrected chi connectivity index (χ4v) is 3.98. The van der Waals surface area contributed by atoms with Crippen molar-refractivity contribution in [3.05, 3.63) is 65.1 Å². The first-order chi connectivity index (χ1) is 12.6. The predicted octanol–water partition coefficient (Wildman–Crippen LogP) is 4.04. The number of methoxy groups -OCH3 is 1. The van der Waals surface area contributed by atoms with Crippen LogP contribution in [-0.2, 0) is 9.59 Å². The van der Waals surface area contributed by atoms with Crippen molar-refractivity contribution in [2.24, 2.45) is 4.99 Å². The minimum Gasteiger partial charge on any atom is -0.497 e. The first-order valence-electron chi connectivity index (χ1n) is 7.78. The van der Waals surface area contributed by atoms with Crippen LogP contribution in [0.3, 0.4) is 0 Å². The molecule has 1 aliphatic rings. The second-order valence-electron chi connectivity index (χ2n) is 5.27. The van der Waals surface area contributed by atoms with Crippen molar-refractivity contribution in [2.75, 3.05) is 18.2 Å². The van der Waals surface area contributed by atoms with E-state index in [4.69, 9.17) is 4.74 Å². The number of carbonyl (C=O) groups is 2. The Morgan fingerprint density at radius 3 is 2.81 bits per heavy atom. The van der Waals surface area contributed by atoms with Crippen LogP contribution in [0.1, 0.15) is 5.56 Å². The average Bonchev–Trinajstić information content (AvgIpc) is 3.00. The van der Waals surface area contributed by atoms with Crippen LogP contribution in [-0.4, -0.2) is 29.1 Å². The Morgan fingerprint density at radius 2 is 2.04 bits per heavy atom. The average molecular weight is 384 g/mol. The Bertz CT molecular complexity index is 879. The molecule has 0 radical (unpaired) electrons. The van der Waals surface area contributed by atoms with Gasteiger partial charge < -0.3 is 10.1 Å². The van der Waals surface area contributed by atoms with E-state index in [-0.39, 0.29) is 17.6 Å². The number of rotatable bonds is 5. The largest absolute Gasteiger partial charge is 0.497 e. The fourth-order valence-electron chi connectivity index (χ4n) is 2.18. The molecule has 132 valence electrons. The number of hydrogen-bond donors (Lipinski definition) is 1. The Kier molecular flexibility index (Phi) is 6.14. The van der Waals surface area contributed by atoms with Gasteiger partial charge in [0.15, 0.2) is 0 Å². The molecule has 2 aromatic carbocycles. The lowest BCUT2D eigenvalue weighted by atomic mass is 10.2. The topological polar surface area (TPSA) is 67.8 Å². The highest BCUT2D eigenvalue weighted by atomic mass is 32.2. The van der Waals surface area contributed by atoms with Gasteiger partial charge >= 0.3 is 0 Å². The third-order valence-electron chi connectivity index (χ3n) is 3.38. The maximum Gasteiger partial charge on any atom is 0.285 e. The van der Waals surface area contributed by atoms with Gasteiger partial charge in [-0.3, -0.25) is 9.59 Å². The molecule has 26 heavy (non-hydrogen) atoms. The van der Waals surface area contributed by atoms with Gasteiger partial charge in [-0.1, -0.05) is 59.9 Å². The Labute approximate surface area is 159 Å². The summed E-state index contributed by atoms with van der Waals surface area (Å²) in [5, 5.41) is 2.80. The van der Waals surface area contributed by atoms with E-state index in [1.54, 1.807) is 37.5 Å². The molecule has 0 aliphatic carbocycles. The number of amides is 2. The van der Waals surface area contributed by atoms with E-state index < -0.39 is 0 Å². The van der Waals surface area contributed by atoms with Crippen LogP contribution in [0.2, 0.25) is 0 Å². The van der Waals surface area contributed by atoms with Gasteiger partial charge in [-0.15, -0.1) is 0 Å². The summed E-state index contributed by atoms with van der Waals surface area (Å²) in [7, 11) is 1.57. The zero-order chi connectivity index (χ0) is 18.4. The maximum atomic E-state index is 12.1. The number of nitrogens with one attached hydrogen (secondary N) is 1. The van der Waals surface area contributed by atoms with Crippen molar-refractivity contribution < 1.29 is 14.3 Å². The first kappa shape index (κ1) is 18.3. The van der Waals surface area contributed by atoms with E-state index >= 15 is 0 Å².